The molecular weight excluding hydrogens is 206 g/mol. The first-order chi connectivity index (χ1) is 7.24. The van der Waals surface area contributed by atoms with E-state index in [2.05, 4.69) is 30.0 Å². The van der Waals surface area contributed by atoms with Crippen molar-refractivity contribution in [3.05, 3.63) is 29.3 Å². The summed E-state index contributed by atoms with van der Waals surface area (Å²) in [6.45, 7) is 4.45. The predicted octanol–water partition coefficient (Wildman–Crippen LogP) is 2.98. The van der Waals surface area contributed by atoms with Crippen LogP contribution in [0.2, 0.25) is 0 Å². The van der Waals surface area contributed by atoms with E-state index in [9.17, 15) is 0 Å². The fourth-order valence-electron chi connectivity index (χ4n) is 2.88. The highest BCUT2D eigenvalue weighted by atomic mass is 35.5. The molecule has 2 aliphatic rings. The van der Waals surface area contributed by atoms with E-state index in [4.69, 9.17) is 11.6 Å². The Balaban J connectivity index is 2.03. The van der Waals surface area contributed by atoms with Crippen LogP contribution in [0.1, 0.15) is 17.5 Å². The molecule has 3 rings (SSSR count). The molecule has 2 atom stereocenters. The van der Waals surface area contributed by atoms with Gasteiger partial charge in [-0.25, -0.2) is 0 Å². The summed E-state index contributed by atoms with van der Waals surface area (Å²) in [5, 5.41) is 0.384. The van der Waals surface area contributed by atoms with Gasteiger partial charge in [0.2, 0.25) is 0 Å². The largest absolute Gasteiger partial charge is 0.371 e. The van der Waals surface area contributed by atoms with Gasteiger partial charge in [0, 0.05) is 24.2 Å². The van der Waals surface area contributed by atoms with Gasteiger partial charge in [0.15, 0.2) is 0 Å². The summed E-state index contributed by atoms with van der Waals surface area (Å²) in [4.78, 5) is 2.50. The third-order valence-corrected chi connectivity index (χ3v) is 4.27. The van der Waals surface area contributed by atoms with Gasteiger partial charge in [0.05, 0.1) is 0 Å². The van der Waals surface area contributed by atoms with E-state index in [1.54, 1.807) is 0 Å². The molecule has 1 fully saturated rings. The van der Waals surface area contributed by atoms with Gasteiger partial charge in [-0.2, -0.15) is 0 Å². The van der Waals surface area contributed by atoms with Crippen LogP contribution >= 0.6 is 11.6 Å². The van der Waals surface area contributed by atoms with Gasteiger partial charge in [0.25, 0.3) is 0 Å². The summed E-state index contributed by atoms with van der Waals surface area (Å²) in [6.07, 6.45) is 2.31. The van der Waals surface area contributed by atoms with E-state index in [1.807, 2.05) is 0 Å². The Labute approximate surface area is 96.0 Å². The summed E-state index contributed by atoms with van der Waals surface area (Å²) in [7, 11) is 0. The van der Waals surface area contributed by atoms with Crippen LogP contribution in [-0.2, 0) is 6.42 Å². The minimum atomic E-state index is 0.384. The third-order valence-electron chi connectivity index (χ3n) is 3.70. The van der Waals surface area contributed by atoms with Crippen molar-refractivity contribution in [3.63, 3.8) is 0 Å². The van der Waals surface area contributed by atoms with Crippen LogP contribution in [0.5, 0.6) is 0 Å². The molecule has 0 amide bonds. The number of nitrogens with zero attached hydrogens (tertiary/aromatic N) is 1. The first kappa shape index (κ1) is 9.53. The minimum Gasteiger partial charge on any atom is -0.371 e. The summed E-state index contributed by atoms with van der Waals surface area (Å²) in [5.41, 5.74) is 4.30. The Morgan fingerprint density at radius 1 is 1.40 bits per heavy atom. The van der Waals surface area contributed by atoms with E-state index >= 15 is 0 Å². The molecular formula is C13H16ClN. The third kappa shape index (κ3) is 1.53. The van der Waals surface area contributed by atoms with Crippen molar-refractivity contribution >= 4 is 17.3 Å². The highest BCUT2D eigenvalue weighted by molar-refractivity contribution is 6.21. The Morgan fingerprint density at radius 3 is 3.13 bits per heavy atom. The summed E-state index contributed by atoms with van der Waals surface area (Å²) >= 11 is 6.36. The second kappa shape index (κ2) is 3.41. The quantitative estimate of drug-likeness (QED) is 0.609. The molecule has 0 saturated carbocycles. The lowest BCUT2D eigenvalue weighted by atomic mass is 9.85. The fraction of sp³-hybridized carbons (Fsp3) is 0.538. The molecule has 2 heterocycles. The standard InChI is InChI=1S/C13H16ClN/c1-9-2-3-13-10(6-9)7-11-8-15(13)5-4-12(11)14/h2-3,6,11-12H,4-5,7-8H2,1H3/t11-,12-/m1/s1. The van der Waals surface area contributed by atoms with Crippen LogP contribution in [0, 0.1) is 12.8 Å². The van der Waals surface area contributed by atoms with Crippen molar-refractivity contribution in [1.82, 2.24) is 0 Å². The van der Waals surface area contributed by atoms with Crippen LogP contribution in [-0.4, -0.2) is 18.5 Å². The van der Waals surface area contributed by atoms with Crippen LogP contribution in [0.25, 0.3) is 0 Å². The lowest BCUT2D eigenvalue weighted by Crippen LogP contribution is -2.45. The van der Waals surface area contributed by atoms with E-state index < -0.39 is 0 Å². The van der Waals surface area contributed by atoms with Crippen molar-refractivity contribution < 1.29 is 0 Å². The molecule has 0 unspecified atom stereocenters. The van der Waals surface area contributed by atoms with E-state index in [0.717, 1.165) is 19.5 Å². The SMILES string of the molecule is Cc1ccc2c(c1)C[C@@H]1CN2CC[C@H]1Cl. The Morgan fingerprint density at radius 2 is 2.27 bits per heavy atom. The van der Waals surface area contributed by atoms with E-state index in [-0.39, 0.29) is 0 Å². The maximum Gasteiger partial charge on any atom is 0.0401 e. The topological polar surface area (TPSA) is 3.24 Å². The van der Waals surface area contributed by atoms with Gasteiger partial charge in [-0.3, -0.25) is 0 Å². The molecule has 1 aromatic carbocycles. The van der Waals surface area contributed by atoms with Crippen LogP contribution in [0.4, 0.5) is 5.69 Å². The second-order valence-corrected chi connectivity index (χ2v) is 5.41. The molecule has 80 valence electrons. The first-order valence-corrected chi connectivity index (χ1v) is 6.16. The second-order valence-electron chi connectivity index (χ2n) is 4.85. The first-order valence-electron chi connectivity index (χ1n) is 5.72. The smallest absolute Gasteiger partial charge is 0.0401 e. The molecule has 0 spiro atoms. The molecule has 1 nitrogen and oxygen atoms in total. The van der Waals surface area contributed by atoms with Gasteiger partial charge >= 0.3 is 0 Å². The molecule has 2 heteroatoms. The van der Waals surface area contributed by atoms with Gasteiger partial charge < -0.3 is 4.90 Å². The number of fused-ring (bicyclic) bond motifs is 4. The molecule has 0 aliphatic carbocycles. The zero-order valence-electron chi connectivity index (χ0n) is 9.04. The van der Waals surface area contributed by atoms with Crippen LogP contribution in [0.15, 0.2) is 18.2 Å². The molecule has 0 N–H and O–H groups in total. The summed E-state index contributed by atoms with van der Waals surface area (Å²) < 4.78 is 0. The van der Waals surface area contributed by atoms with Gasteiger partial charge in [-0.05, 0) is 37.3 Å². The molecule has 15 heavy (non-hydrogen) atoms. The predicted molar refractivity (Wildman–Crippen MR) is 64.8 cm³/mol. The molecule has 2 aliphatic heterocycles. The molecule has 0 radical (unpaired) electrons. The summed E-state index contributed by atoms with van der Waals surface area (Å²) in [6, 6.07) is 6.81. The van der Waals surface area contributed by atoms with Gasteiger partial charge in [-0.15, -0.1) is 11.6 Å². The number of rotatable bonds is 0. The normalized spacial score (nSPS) is 28.8. The average Bonchev–Trinajstić information content (AvgIpc) is 2.23. The van der Waals surface area contributed by atoms with Crippen molar-refractivity contribution in [3.8, 4) is 0 Å². The lowest BCUT2D eigenvalue weighted by Gasteiger charge is -2.42. The summed E-state index contributed by atoms with van der Waals surface area (Å²) in [5.74, 6) is 0.662. The molecule has 1 aromatic rings. The van der Waals surface area contributed by atoms with Crippen molar-refractivity contribution in [2.24, 2.45) is 5.92 Å². The van der Waals surface area contributed by atoms with Crippen molar-refractivity contribution in [2.45, 2.75) is 25.1 Å². The Hall–Kier alpha value is -0.690. The number of benzene rings is 1. The number of piperidine rings is 1. The maximum absolute atomic E-state index is 6.36. The van der Waals surface area contributed by atoms with E-state index in [0.29, 0.717) is 11.3 Å². The Bertz CT molecular complexity index is 388. The fourth-order valence-corrected chi connectivity index (χ4v) is 3.15. The average molecular weight is 222 g/mol. The highest BCUT2D eigenvalue weighted by Gasteiger charge is 2.33. The molecule has 2 bridgehead atoms. The Kier molecular flexibility index (Phi) is 2.17. The number of aryl methyl sites for hydroxylation is 1. The zero-order chi connectivity index (χ0) is 10.4. The lowest BCUT2D eigenvalue weighted by molar-refractivity contribution is 0.403. The number of hydrogen-bond acceptors (Lipinski definition) is 1. The van der Waals surface area contributed by atoms with Gasteiger partial charge in [0.1, 0.15) is 0 Å². The van der Waals surface area contributed by atoms with Crippen molar-refractivity contribution in [1.29, 1.82) is 0 Å². The monoisotopic (exact) mass is 221 g/mol. The molecule has 0 aromatic heterocycles. The maximum atomic E-state index is 6.36. The van der Waals surface area contributed by atoms with Crippen LogP contribution < -0.4 is 4.90 Å². The van der Waals surface area contributed by atoms with Crippen LogP contribution in [0.3, 0.4) is 0 Å². The van der Waals surface area contributed by atoms with E-state index in [1.165, 1.54) is 23.2 Å². The minimum absolute atomic E-state index is 0.384. The number of alkyl halides is 1. The van der Waals surface area contributed by atoms with Gasteiger partial charge in [-0.1, -0.05) is 17.7 Å². The van der Waals surface area contributed by atoms with Crippen molar-refractivity contribution in [2.75, 3.05) is 18.0 Å². The number of hydrogen-bond donors (Lipinski definition) is 0. The number of halogens is 1. The number of anilines is 1. The zero-order valence-corrected chi connectivity index (χ0v) is 9.80. The molecule has 1 saturated heterocycles. The highest BCUT2D eigenvalue weighted by Crippen LogP contribution is 2.37.